The van der Waals surface area contributed by atoms with E-state index in [1.54, 1.807) is 0 Å². The van der Waals surface area contributed by atoms with Crippen molar-refractivity contribution < 1.29 is 0 Å². The first-order valence-corrected chi connectivity index (χ1v) is 22.7. The highest BCUT2D eigenvalue weighted by molar-refractivity contribution is 7.20. The number of para-hydroxylation sites is 3. The van der Waals surface area contributed by atoms with Crippen LogP contribution in [0.1, 0.15) is 16.9 Å². The van der Waals surface area contributed by atoms with Gasteiger partial charge in [0.25, 0.3) is 0 Å². The van der Waals surface area contributed by atoms with Crippen LogP contribution in [0, 0.1) is 0 Å². The van der Waals surface area contributed by atoms with Crippen LogP contribution in [-0.2, 0) is 6.42 Å². The predicted octanol–water partition coefficient (Wildman–Crippen LogP) is 16.7. The van der Waals surface area contributed by atoms with Gasteiger partial charge in [0.15, 0.2) is 0 Å². The Hall–Kier alpha value is -7.72. The van der Waals surface area contributed by atoms with Crippen LogP contribution in [0.5, 0.6) is 0 Å². The van der Waals surface area contributed by atoms with E-state index in [1.807, 2.05) is 11.3 Å². The molecule has 0 aliphatic heterocycles. The lowest BCUT2D eigenvalue weighted by atomic mass is 9.94. The molecule has 63 heavy (non-hydrogen) atoms. The number of hydrogen-bond acceptors (Lipinski definition) is 1. The van der Waals surface area contributed by atoms with Crippen molar-refractivity contribution in [3.63, 3.8) is 0 Å². The molecule has 13 rings (SSSR count). The van der Waals surface area contributed by atoms with Crippen LogP contribution in [0.2, 0.25) is 0 Å². The van der Waals surface area contributed by atoms with Gasteiger partial charge in [0.2, 0.25) is 0 Å². The molecule has 0 atom stereocenters. The van der Waals surface area contributed by atoms with Crippen molar-refractivity contribution in [3.8, 4) is 55.9 Å². The molecule has 3 aromatic heterocycles. The number of allylic oxidation sites excluding steroid dienone is 1. The summed E-state index contributed by atoms with van der Waals surface area (Å²) in [5.41, 5.74) is 18.4. The highest BCUT2D eigenvalue weighted by Crippen LogP contribution is 2.42. The summed E-state index contributed by atoms with van der Waals surface area (Å²) in [6.45, 7) is 0. The summed E-state index contributed by atoms with van der Waals surface area (Å²) in [5, 5.41) is 6.40. The highest BCUT2D eigenvalue weighted by atomic mass is 32.1. The maximum absolute atomic E-state index is 2.43. The molecule has 3 heterocycles. The quantitative estimate of drug-likeness (QED) is 0.158. The van der Waals surface area contributed by atoms with Crippen LogP contribution in [0.4, 0.5) is 0 Å². The van der Waals surface area contributed by atoms with Crippen molar-refractivity contribution in [1.82, 2.24) is 9.13 Å². The van der Waals surface area contributed by atoms with Crippen molar-refractivity contribution >= 4 is 71.1 Å². The summed E-state index contributed by atoms with van der Waals surface area (Å²) in [6.07, 6.45) is 6.91. The number of nitrogens with zero attached hydrogens (tertiary/aromatic N) is 2. The zero-order chi connectivity index (χ0) is 41.4. The summed E-state index contributed by atoms with van der Waals surface area (Å²) in [6, 6.07) is 76.1. The van der Waals surface area contributed by atoms with Crippen LogP contribution in [-0.4, -0.2) is 9.13 Å². The standard InChI is InChI=1S/C60H40N2S/c1-5-28-55-49(22-1)50-23-2-6-29-56(50)62(55)47-32-33-58-54(38-47)51-24-3-7-30-57(51)61(58)46-21-12-19-44(37-46)42-17-10-15-40(35-42)39-14-9-16-41(34-39)43-18-11-20-45(36-43)48-26-13-27-53-52-25-4-8-31-59(52)63-60(48)53/h1-7,9-30,32-38H,8,31H2. The fourth-order valence-electron chi connectivity index (χ4n) is 10.2. The summed E-state index contributed by atoms with van der Waals surface area (Å²) in [5.74, 6) is 0. The lowest BCUT2D eigenvalue weighted by molar-refractivity contribution is 1.02. The van der Waals surface area contributed by atoms with Gasteiger partial charge in [0.1, 0.15) is 0 Å². The first-order chi connectivity index (χ1) is 31.2. The van der Waals surface area contributed by atoms with Gasteiger partial charge in [-0.3, -0.25) is 0 Å². The molecule has 296 valence electrons. The topological polar surface area (TPSA) is 9.86 Å². The zero-order valence-corrected chi connectivity index (χ0v) is 35.3. The van der Waals surface area contributed by atoms with Crippen molar-refractivity contribution in [1.29, 1.82) is 0 Å². The molecule has 1 aliphatic rings. The molecule has 0 spiro atoms. The number of benzene rings is 9. The van der Waals surface area contributed by atoms with E-state index in [0.29, 0.717) is 0 Å². The van der Waals surface area contributed by atoms with Gasteiger partial charge in [-0.1, -0.05) is 152 Å². The molecule has 3 heteroatoms. The largest absolute Gasteiger partial charge is 0.309 e. The lowest BCUT2D eigenvalue weighted by Gasteiger charge is -2.13. The Morgan fingerprint density at radius 3 is 1.43 bits per heavy atom. The van der Waals surface area contributed by atoms with Crippen LogP contribution < -0.4 is 0 Å². The van der Waals surface area contributed by atoms with Gasteiger partial charge in [-0.2, -0.15) is 0 Å². The monoisotopic (exact) mass is 820 g/mol. The zero-order valence-electron chi connectivity index (χ0n) is 34.5. The van der Waals surface area contributed by atoms with Gasteiger partial charge >= 0.3 is 0 Å². The molecule has 1 aliphatic carbocycles. The molecule has 0 radical (unpaired) electrons. The molecule has 12 aromatic rings. The van der Waals surface area contributed by atoms with E-state index in [2.05, 4.69) is 228 Å². The highest BCUT2D eigenvalue weighted by Gasteiger charge is 2.18. The Morgan fingerprint density at radius 1 is 0.349 bits per heavy atom. The maximum atomic E-state index is 2.43. The van der Waals surface area contributed by atoms with E-state index < -0.39 is 0 Å². The van der Waals surface area contributed by atoms with Crippen LogP contribution in [0.15, 0.2) is 212 Å². The Kier molecular flexibility index (Phi) is 8.25. The Labute approximate surface area is 369 Å². The average Bonchev–Trinajstić information content (AvgIpc) is 4.02. The second kappa shape index (κ2) is 14.4. The van der Waals surface area contributed by atoms with Gasteiger partial charge in [-0.05, 0) is 130 Å². The first-order valence-electron chi connectivity index (χ1n) is 21.9. The van der Waals surface area contributed by atoms with Crippen molar-refractivity contribution in [2.45, 2.75) is 12.8 Å². The van der Waals surface area contributed by atoms with E-state index in [0.717, 1.165) is 24.2 Å². The lowest BCUT2D eigenvalue weighted by Crippen LogP contribution is -1.96. The summed E-state index contributed by atoms with van der Waals surface area (Å²) in [7, 11) is 0. The first kappa shape index (κ1) is 36.0. The molecule has 0 fully saturated rings. The molecule has 2 nitrogen and oxygen atoms in total. The van der Waals surface area contributed by atoms with Gasteiger partial charge < -0.3 is 9.13 Å². The molecule has 0 N–H and O–H groups in total. The molecular weight excluding hydrogens is 781 g/mol. The smallest absolute Gasteiger partial charge is 0.0542 e. The average molecular weight is 821 g/mol. The second-order valence-electron chi connectivity index (χ2n) is 16.8. The normalized spacial score (nSPS) is 12.6. The van der Waals surface area contributed by atoms with E-state index in [-0.39, 0.29) is 0 Å². The molecule has 0 unspecified atom stereocenters. The Balaban J connectivity index is 0.858. The number of fused-ring (bicyclic) bond motifs is 9. The van der Waals surface area contributed by atoms with Gasteiger partial charge in [-0.25, -0.2) is 0 Å². The summed E-state index contributed by atoms with van der Waals surface area (Å²) < 4.78 is 6.23. The minimum absolute atomic E-state index is 1.13. The van der Waals surface area contributed by atoms with Crippen molar-refractivity contribution in [2.75, 3.05) is 0 Å². The van der Waals surface area contributed by atoms with E-state index >= 15 is 0 Å². The molecule has 0 bridgehead atoms. The number of rotatable bonds is 6. The number of aromatic nitrogens is 2. The van der Waals surface area contributed by atoms with Crippen molar-refractivity contribution in [3.05, 3.63) is 223 Å². The van der Waals surface area contributed by atoms with Gasteiger partial charge in [-0.15, -0.1) is 11.3 Å². The molecule has 0 saturated heterocycles. The Bertz CT molecular complexity index is 3760. The van der Waals surface area contributed by atoms with Gasteiger partial charge in [0.05, 0.1) is 22.1 Å². The third kappa shape index (κ3) is 5.85. The molecular formula is C60H40N2S. The van der Waals surface area contributed by atoms with Crippen LogP contribution in [0.25, 0.3) is 116 Å². The SMILES string of the molecule is C1=Cc2c(sc3c(-c4cccc(-c5cccc(-c6cccc(-c7cccc(-n8c9ccccc9c9cc(-n%10c%11ccccc%11c%11ccccc%11%10)ccc98)c7)c6)c5)c4)cccc23)CC1. The fraction of sp³-hybridized carbons (Fsp3) is 0.0333. The van der Waals surface area contributed by atoms with E-state index in [9.17, 15) is 0 Å². The van der Waals surface area contributed by atoms with Crippen LogP contribution in [0.3, 0.4) is 0 Å². The third-order valence-electron chi connectivity index (χ3n) is 13.2. The number of thiophene rings is 1. The maximum Gasteiger partial charge on any atom is 0.0542 e. The number of hydrogen-bond donors (Lipinski definition) is 0. The predicted molar refractivity (Wildman–Crippen MR) is 270 cm³/mol. The van der Waals surface area contributed by atoms with Gasteiger partial charge in [0, 0.05) is 47.9 Å². The minimum Gasteiger partial charge on any atom is -0.309 e. The minimum atomic E-state index is 1.13. The third-order valence-corrected chi connectivity index (χ3v) is 14.5. The summed E-state index contributed by atoms with van der Waals surface area (Å²) >= 11 is 1.97. The van der Waals surface area contributed by atoms with E-state index in [4.69, 9.17) is 0 Å². The summed E-state index contributed by atoms with van der Waals surface area (Å²) in [4.78, 5) is 1.51. The second-order valence-corrected chi connectivity index (χ2v) is 17.9. The fourth-order valence-corrected chi connectivity index (χ4v) is 11.6. The molecule has 0 saturated carbocycles. The van der Waals surface area contributed by atoms with Crippen molar-refractivity contribution in [2.24, 2.45) is 0 Å². The number of aryl methyl sites for hydroxylation is 1. The molecule has 9 aromatic carbocycles. The molecule has 0 amide bonds. The van der Waals surface area contributed by atoms with Crippen LogP contribution >= 0.6 is 11.3 Å². The van der Waals surface area contributed by atoms with E-state index in [1.165, 1.54) is 109 Å². The Morgan fingerprint density at radius 2 is 0.810 bits per heavy atom.